The lowest BCUT2D eigenvalue weighted by Gasteiger charge is -2.19. The number of aryl methyl sites for hydroxylation is 1. The summed E-state index contributed by atoms with van der Waals surface area (Å²) in [4.78, 5) is 12.1. The minimum absolute atomic E-state index is 0. The van der Waals surface area contributed by atoms with E-state index < -0.39 is 0 Å². The zero-order valence-electron chi connectivity index (χ0n) is 13.2. The quantitative estimate of drug-likeness (QED) is 0.688. The van der Waals surface area contributed by atoms with Crippen LogP contribution in [-0.4, -0.2) is 23.1 Å². The van der Waals surface area contributed by atoms with Crippen LogP contribution in [0.5, 0.6) is 0 Å². The van der Waals surface area contributed by atoms with E-state index in [1.807, 2.05) is 6.07 Å². The molecule has 0 radical (unpaired) electrons. The highest BCUT2D eigenvalue weighted by molar-refractivity contribution is 5.91. The van der Waals surface area contributed by atoms with E-state index in [2.05, 4.69) is 54.3 Å². The molecule has 0 saturated carbocycles. The summed E-state index contributed by atoms with van der Waals surface area (Å²) >= 11 is 0. The van der Waals surface area contributed by atoms with Crippen molar-refractivity contribution in [3.63, 3.8) is 0 Å². The zero-order chi connectivity index (χ0) is 14.9. The zero-order valence-corrected chi connectivity index (χ0v) is 14.0. The molecule has 0 N–H and O–H groups in total. The fourth-order valence-electron chi connectivity index (χ4n) is 3.14. The predicted molar refractivity (Wildman–Crippen MR) is 98.4 cm³/mol. The summed E-state index contributed by atoms with van der Waals surface area (Å²) in [6.07, 6.45) is 2.50. The number of nitrogens with zero attached hydrogens (tertiary/aromatic N) is 3. The van der Waals surface area contributed by atoms with Gasteiger partial charge in [-0.15, -0.1) is 12.4 Å². The number of anilines is 1. The van der Waals surface area contributed by atoms with Crippen LogP contribution in [0.2, 0.25) is 0 Å². The molecular formula is C19H20ClN3. The normalized spacial score (nSPS) is 14.0. The number of halogens is 1. The highest BCUT2D eigenvalue weighted by atomic mass is 35.5. The summed E-state index contributed by atoms with van der Waals surface area (Å²) in [5.41, 5.74) is 3.35. The van der Waals surface area contributed by atoms with Gasteiger partial charge >= 0.3 is 0 Å². The molecule has 0 aliphatic carbocycles. The molecule has 0 spiro atoms. The van der Waals surface area contributed by atoms with Gasteiger partial charge in [-0.25, -0.2) is 9.97 Å². The van der Waals surface area contributed by atoms with Crippen molar-refractivity contribution in [2.45, 2.75) is 19.8 Å². The van der Waals surface area contributed by atoms with Crippen LogP contribution >= 0.6 is 12.4 Å². The van der Waals surface area contributed by atoms with Crippen molar-refractivity contribution in [2.24, 2.45) is 0 Å². The van der Waals surface area contributed by atoms with Gasteiger partial charge in [0.2, 0.25) is 0 Å². The van der Waals surface area contributed by atoms with Crippen LogP contribution in [0.1, 0.15) is 18.4 Å². The van der Waals surface area contributed by atoms with E-state index in [0.717, 1.165) is 41.2 Å². The maximum atomic E-state index is 4.91. The largest absolute Gasteiger partial charge is 0.356 e. The summed E-state index contributed by atoms with van der Waals surface area (Å²) in [6, 6.07) is 16.7. The fraction of sp³-hybridized carbons (Fsp3) is 0.263. The summed E-state index contributed by atoms with van der Waals surface area (Å²) in [5, 5.41) is 1.15. The Morgan fingerprint density at radius 1 is 0.913 bits per heavy atom. The number of hydrogen-bond donors (Lipinski definition) is 0. The second-order valence-electron chi connectivity index (χ2n) is 5.95. The van der Waals surface area contributed by atoms with E-state index >= 15 is 0 Å². The molecule has 118 valence electrons. The van der Waals surface area contributed by atoms with Crippen LogP contribution in [0, 0.1) is 6.92 Å². The molecule has 3 aromatic rings. The molecule has 1 fully saturated rings. The van der Waals surface area contributed by atoms with Crippen molar-refractivity contribution >= 4 is 29.1 Å². The number of aromatic nitrogens is 2. The molecule has 0 unspecified atom stereocenters. The number of para-hydroxylation sites is 1. The van der Waals surface area contributed by atoms with E-state index in [1.165, 1.54) is 18.4 Å². The monoisotopic (exact) mass is 325 g/mol. The maximum Gasteiger partial charge on any atom is 0.162 e. The molecule has 1 aliphatic heterocycles. The lowest BCUT2D eigenvalue weighted by atomic mass is 10.1. The first kappa shape index (κ1) is 15.8. The van der Waals surface area contributed by atoms with Crippen LogP contribution in [0.25, 0.3) is 22.3 Å². The number of benzene rings is 2. The smallest absolute Gasteiger partial charge is 0.162 e. The SMILES string of the molecule is Cc1cccc(-c2nc(N3CCCC3)c3ccccc3n2)c1.Cl. The van der Waals surface area contributed by atoms with E-state index in [-0.39, 0.29) is 12.4 Å². The summed E-state index contributed by atoms with van der Waals surface area (Å²) in [7, 11) is 0. The Hall–Kier alpha value is -2.13. The van der Waals surface area contributed by atoms with Gasteiger partial charge in [-0.3, -0.25) is 0 Å². The second kappa shape index (κ2) is 6.55. The molecular weight excluding hydrogens is 306 g/mol. The molecule has 23 heavy (non-hydrogen) atoms. The molecule has 1 aromatic heterocycles. The minimum Gasteiger partial charge on any atom is -0.356 e. The number of rotatable bonds is 2. The van der Waals surface area contributed by atoms with Gasteiger partial charge in [-0.2, -0.15) is 0 Å². The molecule has 4 heteroatoms. The Bertz CT molecular complexity index is 826. The highest BCUT2D eigenvalue weighted by Crippen LogP contribution is 2.29. The van der Waals surface area contributed by atoms with Crippen molar-refractivity contribution in [1.29, 1.82) is 0 Å². The first-order valence-electron chi connectivity index (χ1n) is 7.90. The molecule has 4 rings (SSSR count). The van der Waals surface area contributed by atoms with Crippen LogP contribution in [0.3, 0.4) is 0 Å². The van der Waals surface area contributed by atoms with Crippen molar-refractivity contribution in [3.8, 4) is 11.4 Å². The molecule has 1 saturated heterocycles. The standard InChI is InChI=1S/C19H19N3.ClH/c1-14-7-6-8-15(13-14)18-20-17-10-3-2-9-16(17)19(21-18)22-11-4-5-12-22;/h2-3,6-10,13H,4-5,11-12H2,1H3;1H. The maximum absolute atomic E-state index is 4.91. The third-order valence-electron chi connectivity index (χ3n) is 4.26. The average Bonchev–Trinajstić information content (AvgIpc) is 3.08. The summed E-state index contributed by atoms with van der Waals surface area (Å²) < 4.78 is 0. The minimum atomic E-state index is 0. The van der Waals surface area contributed by atoms with Crippen molar-refractivity contribution in [3.05, 3.63) is 54.1 Å². The Labute approximate surface area is 142 Å². The Kier molecular flexibility index (Phi) is 4.49. The van der Waals surface area contributed by atoms with Gasteiger partial charge < -0.3 is 4.90 Å². The average molecular weight is 326 g/mol. The van der Waals surface area contributed by atoms with Gasteiger partial charge in [0.25, 0.3) is 0 Å². The van der Waals surface area contributed by atoms with E-state index in [4.69, 9.17) is 9.97 Å². The first-order chi connectivity index (χ1) is 10.8. The molecule has 3 nitrogen and oxygen atoms in total. The topological polar surface area (TPSA) is 29.0 Å². The second-order valence-corrected chi connectivity index (χ2v) is 5.95. The van der Waals surface area contributed by atoms with Crippen molar-refractivity contribution in [1.82, 2.24) is 9.97 Å². The lowest BCUT2D eigenvalue weighted by molar-refractivity contribution is 0.941. The molecule has 2 heterocycles. The Balaban J connectivity index is 0.00000156. The molecule has 2 aromatic carbocycles. The van der Waals surface area contributed by atoms with Crippen molar-refractivity contribution < 1.29 is 0 Å². The van der Waals surface area contributed by atoms with Gasteiger partial charge in [0.05, 0.1) is 5.52 Å². The van der Waals surface area contributed by atoms with Crippen LogP contribution in [0.15, 0.2) is 48.5 Å². The Morgan fingerprint density at radius 3 is 2.48 bits per heavy atom. The van der Waals surface area contributed by atoms with Crippen LogP contribution in [0.4, 0.5) is 5.82 Å². The third kappa shape index (κ3) is 3.02. The number of fused-ring (bicyclic) bond motifs is 1. The number of hydrogen-bond acceptors (Lipinski definition) is 3. The predicted octanol–water partition coefficient (Wildman–Crippen LogP) is 4.63. The van der Waals surface area contributed by atoms with E-state index in [0.29, 0.717) is 0 Å². The third-order valence-corrected chi connectivity index (χ3v) is 4.26. The van der Waals surface area contributed by atoms with Crippen LogP contribution < -0.4 is 4.90 Å². The fourth-order valence-corrected chi connectivity index (χ4v) is 3.14. The van der Waals surface area contributed by atoms with Gasteiger partial charge in [-0.1, -0.05) is 35.9 Å². The van der Waals surface area contributed by atoms with Crippen molar-refractivity contribution in [2.75, 3.05) is 18.0 Å². The molecule has 0 amide bonds. The van der Waals surface area contributed by atoms with Gasteiger partial charge in [0.15, 0.2) is 5.82 Å². The molecule has 0 atom stereocenters. The first-order valence-corrected chi connectivity index (χ1v) is 7.90. The van der Waals surface area contributed by atoms with Gasteiger partial charge in [0, 0.05) is 24.0 Å². The Morgan fingerprint density at radius 2 is 1.70 bits per heavy atom. The molecule has 1 aliphatic rings. The molecule has 0 bridgehead atoms. The van der Waals surface area contributed by atoms with Gasteiger partial charge in [0.1, 0.15) is 5.82 Å². The van der Waals surface area contributed by atoms with Crippen LogP contribution in [-0.2, 0) is 0 Å². The van der Waals surface area contributed by atoms with E-state index in [1.54, 1.807) is 0 Å². The highest BCUT2D eigenvalue weighted by Gasteiger charge is 2.18. The summed E-state index contributed by atoms with van der Waals surface area (Å²) in [6.45, 7) is 4.29. The van der Waals surface area contributed by atoms with E-state index in [9.17, 15) is 0 Å². The lowest BCUT2D eigenvalue weighted by Crippen LogP contribution is -2.19. The summed E-state index contributed by atoms with van der Waals surface area (Å²) in [5.74, 6) is 1.91. The van der Waals surface area contributed by atoms with Gasteiger partial charge in [-0.05, 0) is 38.0 Å².